The van der Waals surface area contributed by atoms with E-state index in [9.17, 15) is 17.6 Å². The molecule has 1 nitrogen and oxygen atoms in total. The molecule has 0 amide bonds. The van der Waals surface area contributed by atoms with Crippen LogP contribution in [0.1, 0.15) is 99.3 Å². The topological polar surface area (TPSA) is 9.23 Å². The van der Waals surface area contributed by atoms with Crippen LogP contribution in [-0.4, -0.2) is 6.61 Å². The van der Waals surface area contributed by atoms with Gasteiger partial charge in [0.05, 0.1) is 12.2 Å². The number of rotatable bonds is 7. The fraction of sp³-hybridized carbons (Fsp3) is 0.586. The number of halogens is 4. The molecule has 0 aliphatic heterocycles. The summed E-state index contributed by atoms with van der Waals surface area (Å²) in [4.78, 5) is 0. The van der Waals surface area contributed by atoms with Gasteiger partial charge in [0.25, 0.3) is 0 Å². The maximum Gasteiger partial charge on any atom is 0.386 e. The first-order chi connectivity index (χ1) is 16.2. The zero-order valence-corrected chi connectivity index (χ0v) is 20.3. The Kier molecular flexibility index (Phi) is 8.01. The van der Waals surface area contributed by atoms with E-state index in [4.69, 9.17) is 4.74 Å². The van der Waals surface area contributed by atoms with Crippen molar-refractivity contribution in [2.75, 3.05) is 6.61 Å². The average Bonchev–Trinajstić information content (AvgIpc) is 2.82. The number of hydrogen-bond acceptors (Lipinski definition) is 1. The van der Waals surface area contributed by atoms with E-state index in [1.807, 2.05) is 12.1 Å². The third-order valence-electron chi connectivity index (χ3n) is 8.02. The normalized spacial score (nSPS) is 25.9. The second kappa shape index (κ2) is 10.8. The van der Waals surface area contributed by atoms with Crippen molar-refractivity contribution in [2.24, 2.45) is 11.8 Å². The molecule has 2 aromatic rings. The molecule has 0 unspecified atom stereocenters. The van der Waals surface area contributed by atoms with Crippen molar-refractivity contribution in [3.8, 4) is 0 Å². The second-order valence-electron chi connectivity index (χ2n) is 10.6. The summed E-state index contributed by atoms with van der Waals surface area (Å²) in [6.07, 6.45) is 4.64. The summed E-state index contributed by atoms with van der Waals surface area (Å²) in [5.41, 5.74) is 1.36. The predicted octanol–water partition coefficient (Wildman–Crippen LogP) is 8.86. The number of benzene rings is 2. The summed E-state index contributed by atoms with van der Waals surface area (Å²) in [6, 6.07) is 10.4. The van der Waals surface area contributed by atoms with Crippen molar-refractivity contribution >= 4 is 0 Å². The molecule has 0 saturated heterocycles. The highest BCUT2D eigenvalue weighted by atomic mass is 19.3. The van der Waals surface area contributed by atoms with E-state index in [0.29, 0.717) is 11.8 Å². The molecule has 0 radical (unpaired) electrons. The molecule has 0 heterocycles. The first kappa shape index (κ1) is 25.2. The molecule has 0 N–H and O–H groups in total. The molecule has 0 aromatic heterocycles. The monoisotopic (exact) mass is 476 g/mol. The van der Waals surface area contributed by atoms with Crippen molar-refractivity contribution < 1.29 is 22.3 Å². The van der Waals surface area contributed by atoms with Gasteiger partial charge in [-0.2, -0.15) is 8.78 Å². The molecule has 2 aliphatic carbocycles. The van der Waals surface area contributed by atoms with Gasteiger partial charge >= 0.3 is 6.11 Å². The van der Waals surface area contributed by atoms with Gasteiger partial charge in [-0.3, -0.25) is 0 Å². The van der Waals surface area contributed by atoms with Crippen LogP contribution in [-0.2, 0) is 17.3 Å². The van der Waals surface area contributed by atoms with E-state index in [1.54, 1.807) is 0 Å². The van der Waals surface area contributed by atoms with Crippen LogP contribution in [0.25, 0.3) is 0 Å². The van der Waals surface area contributed by atoms with Gasteiger partial charge in [-0.15, -0.1) is 0 Å². The molecule has 2 saturated carbocycles. The third kappa shape index (κ3) is 5.84. The summed E-state index contributed by atoms with van der Waals surface area (Å²) in [7, 11) is 0. The molecule has 4 rings (SSSR count). The van der Waals surface area contributed by atoms with Gasteiger partial charge < -0.3 is 4.74 Å². The SMILES string of the molecule is C[C@H]1CC[C@H](c2ccc(CCOC(F)(F)c3ccc([C@H]4CC[C@H](C)CC4)c(F)c3F)cc2)CC1. The largest absolute Gasteiger partial charge is 0.386 e. The van der Waals surface area contributed by atoms with Crippen LogP contribution in [0.4, 0.5) is 17.6 Å². The Bertz CT molecular complexity index is 939. The van der Waals surface area contributed by atoms with Crippen molar-refractivity contribution in [1.29, 1.82) is 0 Å². The predicted molar refractivity (Wildman–Crippen MR) is 127 cm³/mol. The average molecular weight is 477 g/mol. The maximum absolute atomic E-state index is 14.7. The molecule has 2 aromatic carbocycles. The van der Waals surface area contributed by atoms with Gasteiger partial charge in [0.15, 0.2) is 11.6 Å². The van der Waals surface area contributed by atoms with E-state index in [1.165, 1.54) is 37.3 Å². The van der Waals surface area contributed by atoms with E-state index in [0.717, 1.165) is 43.2 Å². The van der Waals surface area contributed by atoms with Gasteiger partial charge in [0.1, 0.15) is 0 Å². The van der Waals surface area contributed by atoms with Crippen LogP contribution in [0, 0.1) is 23.5 Å². The highest BCUT2D eigenvalue weighted by Gasteiger charge is 2.38. The molecule has 186 valence electrons. The first-order valence-corrected chi connectivity index (χ1v) is 12.8. The van der Waals surface area contributed by atoms with E-state index in [2.05, 4.69) is 26.0 Å². The standard InChI is InChI=1S/C29H36F4O/c1-19-3-9-22(10-4-19)23-13-7-21(8-14-23)17-18-34-29(32,33)26-16-15-25(27(30)28(26)31)24-11-5-20(2)6-12-24/h7-8,13-16,19-20,22,24H,3-6,9-12,17-18H2,1-2H3/t19-,20-,22-,24-. The smallest absolute Gasteiger partial charge is 0.316 e. The zero-order valence-electron chi connectivity index (χ0n) is 20.3. The molecule has 0 bridgehead atoms. The van der Waals surface area contributed by atoms with E-state index < -0.39 is 23.3 Å². The van der Waals surface area contributed by atoms with Crippen LogP contribution in [0.15, 0.2) is 36.4 Å². The summed E-state index contributed by atoms with van der Waals surface area (Å²) >= 11 is 0. The summed E-state index contributed by atoms with van der Waals surface area (Å²) in [5, 5.41) is 0. The second-order valence-corrected chi connectivity index (χ2v) is 10.6. The van der Waals surface area contributed by atoms with Gasteiger partial charge in [-0.25, -0.2) is 8.78 Å². The molecule has 0 spiro atoms. The number of hydrogen-bond donors (Lipinski definition) is 0. The van der Waals surface area contributed by atoms with E-state index in [-0.39, 0.29) is 24.5 Å². The minimum Gasteiger partial charge on any atom is -0.316 e. The summed E-state index contributed by atoms with van der Waals surface area (Å²) in [6.45, 7) is 4.15. The van der Waals surface area contributed by atoms with Crippen molar-refractivity contribution in [3.63, 3.8) is 0 Å². The van der Waals surface area contributed by atoms with Crippen molar-refractivity contribution in [3.05, 3.63) is 70.3 Å². The van der Waals surface area contributed by atoms with Gasteiger partial charge in [0.2, 0.25) is 0 Å². The lowest BCUT2D eigenvalue weighted by Crippen LogP contribution is -2.23. The summed E-state index contributed by atoms with van der Waals surface area (Å²) < 4.78 is 63.4. The fourth-order valence-electron chi connectivity index (χ4n) is 5.60. The highest BCUT2D eigenvalue weighted by molar-refractivity contribution is 5.31. The number of alkyl halides is 2. The maximum atomic E-state index is 14.7. The van der Waals surface area contributed by atoms with Gasteiger partial charge in [0, 0.05) is 0 Å². The van der Waals surface area contributed by atoms with Gasteiger partial charge in [-0.05, 0) is 78.5 Å². The van der Waals surface area contributed by atoms with Crippen LogP contribution in [0.2, 0.25) is 0 Å². The lowest BCUT2D eigenvalue weighted by molar-refractivity contribution is -0.249. The highest BCUT2D eigenvalue weighted by Crippen LogP contribution is 2.40. The van der Waals surface area contributed by atoms with Crippen LogP contribution < -0.4 is 0 Å². The van der Waals surface area contributed by atoms with Crippen molar-refractivity contribution in [1.82, 2.24) is 0 Å². The minimum absolute atomic E-state index is 0.116. The zero-order chi connectivity index (χ0) is 24.3. The molecule has 5 heteroatoms. The quantitative estimate of drug-likeness (QED) is 0.363. The number of ether oxygens (including phenoxy) is 1. The molecule has 34 heavy (non-hydrogen) atoms. The van der Waals surface area contributed by atoms with Crippen LogP contribution >= 0.6 is 0 Å². The molecule has 0 atom stereocenters. The first-order valence-electron chi connectivity index (χ1n) is 12.8. The van der Waals surface area contributed by atoms with Gasteiger partial charge in [-0.1, -0.05) is 69.9 Å². The Morgan fingerprint density at radius 2 is 1.29 bits per heavy atom. The Hall–Kier alpha value is -1.88. The summed E-state index contributed by atoms with van der Waals surface area (Å²) in [5.74, 6) is -0.841. The Morgan fingerprint density at radius 3 is 1.88 bits per heavy atom. The van der Waals surface area contributed by atoms with Crippen LogP contribution in [0.5, 0.6) is 0 Å². The van der Waals surface area contributed by atoms with E-state index >= 15 is 0 Å². The van der Waals surface area contributed by atoms with Crippen LogP contribution in [0.3, 0.4) is 0 Å². The Labute approximate surface area is 200 Å². The Morgan fingerprint density at radius 1 is 0.735 bits per heavy atom. The lowest BCUT2D eigenvalue weighted by atomic mass is 9.79. The molecule has 2 aliphatic rings. The minimum atomic E-state index is -3.89. The van der Waals surface area contributed by atoms with Crippen molar-refractivity contribution in [2.45, 2.75) is 89.6 Å². The fourth-order valence-corrected chi connectivity index (χ4v) is 5.60. The molecular weight excluding hydrogens is 440 g/mol. The Balaban J connectivity index is 1.34. The third-order valence-corrected chi connectivity index (χ3v) is 8.02. The molecular formula is C29H36F4O. The molecule has 2 fully saturated rings. The lowest BCUT2D eigenvalue weighted by Gasteiger charge is -2.27.